The number of nitrogens with two attached hydrogens (primary N) is 1. The van der Waals surface area contributed by atoms with Gasteiger partial charge < -0.3 is 5.73 Å². The lowest BCUT2D eigenvalue weighted by Gasteiger charge is -2.10. The van der Waals surface area contributed by atoms with E-state index >= 15 is 0 Å². The van der Waals surface area contributed by atoms with Crippen molar-refractivity contribution in [3.63, 3.8) is 0 Å². The summed E-state index contributed by atoms with van der Waals surface area (Å²) in [6, 6.07) is 8.61. The summed E-state index contributed by atoms with van der Waals surface area (Å²) in [7, 11) is 0. The van der Waals surface area contributed by atoms with E-state index in [1.165, 1.54) is 0 Å². The first kappa shape index (κ1) is 13.9. The highest BCUT2D eigenvalue weighted by atomic mass is 35.5. The number of carbonyl (C=O) groups is 1. The van der Waals surface area contributed by atoms with E-state index in [9.17, 15) is 4.79 Å². The van der Waals surface area contributed by atoms with Crippen molar-refractivity contribution in [3.05, 3.63) is 62.6 Å². The van der Waals surface area contributed by atoms with E-state index in [1.54, 1.807) is 30.3 Å². The first-order valence-electron chi connectivity index (χ1n) is 5.77. The highest BCUT2D eigenvalue weighted by molar-refractivity contribution is 6.37. The van der Waals surface area contributed by atoms with Crippen LogP contribution in [0, 0.1) is 13.8 Å². The lowest BCUT2D eigenvalue weighted by molar-refractivity contribution is 0.103. The summed E-state index contributed by atoms with van der Waals surface area (Å²) < 4.78 is 0. The van der Waals surface area contributed by atoms with Crippen LogP contribution in [0.3, 0.4) is 0 Å². The third-order valence-corrected chi connectivity index (χ3v) is 3.85. The Morgan fingerprint density at radius 2 is 1.74 bits per heavy atom. The minimum Gasteiger partial charge on any atom is -0.398 e. The molecule has 0 aliphatic heterocycles. The Labute approximate surface area is 122 Å². The molecule has 0 aliphatic rings. The zero-order valence-corrected chi connectivity index (χ0v) is 12.1. The van der Waals surface area contributed by atoms with Crippen molar-refractivity contribution in [1.29, 1.82) is 0 Å². The number of benzene rings is 2. The van der Waals surface area contributed by atoms with Crippen LogP contribution in [0.15, 0.2) is 30.3 Å². The van der Waals surface area contributed by atoms with Crippen LogP contribution in [0.4, 0.5) is 5.69 Å². The van der Waals surface area contributed by atoms with Crippen molar-refractivity contribution in [2.45, 2.75) is 13.8 Å². The zero-order valence-electron chi connectivity index (χ0n) is 10.6. The van der Waals surface area contributed by atoms with Gasteiger partial charge >= 0.3 is 0 Å². The van der Waals surface area contributed by atoms with E-state index in [-0.39, 0.29) is 5.78 Å². The van der Waals surface area contributed by atoms with E-state index in [1.807, 2.05) is 13.8 Å². The number of aryl methyl sites for hydroxylation is 2. The highest BCUT2D eigenvalue weighted by Gasteiger charge is 2.17. The van der Waals surface area contributed by atoms with Crippen molar-refractivity contribution in [2.24, 2.45) is 0 Å². The maximum Gasteiger partial charge on any atom is 0.194 e. The molecule has 2 aromatic carbocycles. The molecule has 4 heteroatoms. The molecule has 0 aromatic heterocycles. The largest absolute Gasteiger partial charge is 0.398 e. The monoisotopic (exact) mass is 293 g/mol. The fourth-order valence-corrected chi connectivity index (χ4v) is 2.33. The van der Waals surface area contributed by atoms with Crippen molar-refractivity contribution in [3.8, 4) is 0 Å². The molecule has 0 radical (unpaired) electrons. The van der Waals surface area contributed by atoms with Crippen molar-refractivity contribution >= 4 is 34.7 Å². The summed E-state index contributed by atoms with van der Waals surface area (Å²) in [5.41, 5.74) is 8.80. The molecular formula is C15H13Cl2NO. The maximum atomic E-state index is 12.5. The molecule has 2 rings (SSSR count). The van der Waals surface area contributed by atoms with Crippen LogP contribution in [0.25, 0.3) is 0 Å². The minimum absolute atomic E-state index is 0.144. The van der Waals surface area contributed by atoms with Gasteiger partial charge in [0.15, 0.2) is 5.78 Å². The van der Waals surface area contributed by atoms with Gasteiger partial charge in [-0.3, -0.25) is 4.79 Å². The van der Waals surface area contributed by atoms with Crippen molar-refractivity contribution < 1.29 is 4.79 Å². The molecule has 0 aliphatic carbocycles. The molecule has 2 aromatic rings. The molecule has 0 bridgehead atoms. The Balaban J connectivity index is 2.56. The lowest BCUT2D eigenvalue weighted by Crippen LogP contribution is -2.06. The summed E-state index contributed by atoms with van der Waals surface area (Å²) in [4.78, 5) is 12.5. The van der Waals surface area contributed by atoms with Gasteiger partial charge in [0.1, 0.15) is 0 Å². The average molecular weight is 294 g/mol. The van der Waals surface area contributed by atoms with Crippen LogP contribution in [0.1, 0.15) is 27.0 Å². The predicted molar refractivity (Wildman–Crippen MR) is 80.2 cm³/mol. The van der Waals surface area contributed by atoms with Crippen LogP contribution in [0.5, 0.6) is 0 Å². The average Bonchev–Trinajstić information content (AvgIpc) is 2.36. The highest BCUT2D eigenvalue weighted by Crippen LogP contribution is 2.28. The first-order valence-corrected chi connectivity index (χ1v) is 6.53. The Morgan fingerprint density at radius 1 is 1.05 bits per heavy atom. The number of anilines is 1. The van der Waals surface area contributed by atoms with Gasteiger partial charge in [-0.1, -0.05) is 29.3 Å². The Morgan fingerprint density at radius 3 is 2.42 bits per heavy atom. The number of nitrogen functional groups attached to an aromatic ring is 1. The third kappa shape index (κ3) is 2.60. The second-order valence-electron chi connectivity index (χ2n) is 4.45. The van der Waals surface area contributed by atoms with Gasteiger partial charge in [-0.2, -0.15) is 0 Å². The molecule has 0 atom stereocenters. The topological polar surface area (TPSA) is 43.1 Å². The summed E-state index contributed by atoms with van der Waals surface area (Å²) in [6.45, 7) is 3.71. The van der Waals surface area contributed by atoms with Gasteiger partial charge in [-0.05, 0) is 49.2 Å². The number of hydrogen-bond acceptors (Lipinski definition) is 2. The smallest absolute Gasteiger partial charge is 0.194 e. The molecule has 0 unspecified atom stereocenters. The standard InChI is InChI=1S/C15H13Cl2NO/c1-8-7-12(16)9(2)6-11(8)15(19)10-4-3-5-13(18)14(10)17/h3-7H,18H2,1-2H3. The van der Waals surface area contributed by atoms with Gasteiger partial charge in [0.2, 0.25) is 0 Å². The Hall–Kier alpha value is -1.51. The molecule has 2 nitrogen and oxygen atoms in total. The molecule has 0 saturated heterocycles. The summed E-state index contributed by atoms with van der Waals surface area (Å²) >= 11 is 12.1. The minimum atomic E-state index is -0.144. The van der Waals surface area contributed by atoms with Gasteiger partial charge in [-0.15, -0.1) is 0 Å². The summed E-state index contributed by atoms with van der Waals surface area (Å²) in [6.07, 6.45) is 0. The molecule has 0 amide bonds. The zero-order chi connectivity index (χ0) is 14.2. The lowest BCUT2D eigenvalue weighted by atomic mass is 9.97. The second kappa shape index (κ2) is 5.24. The van der Waals surface area contributed by atoms with E-state index in [4.69, 9.17) is 28.9 Å². The van der Waals surface area contributed by atoms with Crippen LogP contribution in [-0.2, 0) is 0 Å². The quantitative estimate of drug-likeness (QED) is 0.658. The Kier molecular flexibility index (Phi) is 3.83. The van der Waals surface area contributed by atoms with Crippen LogP contribution in [-0.4, -0.2) is 5.78 Å². The SMILES string of the molecule is Cc1cc(C(=O)c2cccc(N)c2Cl)c(C)cc1Cl. The van der Waals surface area contributed by atoms with Gasteiger partial charge in [0, 0.05) is 16.1 Å². The van der Waals surface area contributed by atoms with E-state index < -0.39 is 0 Å². The Bertz CT molecular complexity index is 665. The summed E-state index contributed by atoms with van der Waals surface area (Å²) in [5.74, 6) is -0.144. The van der Waals surface area contributed by atoms with E-state index in [0.29, 0.717) is 26.9 Å². The van der Waals surface area contributed by atoms with Crippen LogP contribution in [0.2, 0.25) is 10.0 Å². The van der Waals surface area contributed by atoms with Crippen molar-refractivity contribution in [2.75, 3.05) is 5.73 Å². The maximum absolute atomic E-state index is 12.5. The van der Waals surface area contributed by atoms with E-state index in [0.717, 1.165) is 11.1 Å². The number of rotatable bonds is 2. The molecular weight excluding hydrogens is 281 g/mol. The molecule has 98 valence electrons. The van der Waals surface area contributed by atoms with Crippen molar-refractivity contribution in [1.82, 2.24) is 0 Å². The predicted octanol–water partition coefficient (Wildman–Crippen LogP) is 4.42. The van der Waals surface area contributed by atoms with Gasteiger partial charge in [0.05, 0.1) is 10.7 Å². The second-order valence-corrected chi connectivity index (χ2v) is 5.24. The summed E-state index contributed by atoms with van der Waals surface area (Å²) in [5, 5.41) is 0.937. The molecule has 0 heterocycles. The van der Waals surface area contributed by atoms with Gasteiger partial charge in [-0.25, -0.2) is 0 Å². The number of hydrogen-bond donors (Lipinski definition) is 1. The molecule has 19 heavy (non-hydrogen) atoms. The number of halogens is 2. The number of ketones is 1. The molecule has 0 spiro atoms. The normalized spacial score (nSPS) is 10.5. The fourth-order valence-electron chi connectivity index (χ4n) is 1.90. The molecule has 0 fully saturated rings. The molecule has 0 saturated carbocycles. The van der Waals surface area contributed by atoms with Crippen LogP contribution >= 0.6 is 23.2 Å². The third-order valence-electron chi connectivity index (χ3n) is 3.02. The van der Waals surface area contributed by atoms with Crippen LogP contribution < -0.4 is 5.73 Å². The van der Waals surface area contributed by atoms with E-state index in [2.05, 4.69) is 0 Å². The molecule has 2 N–H and O–H groups in total. The number of carbonyl (C=O) groups excluding carboxylic acids is 1. The first-order chi connectivity index (χ1) is 8.91. The fraction of sp³-hybridized carbons (Fsp3) is 0.133. The van der Waals surface area contributed by atoms with Gasteiger partial charge in [0.25, 0.3) is 0 Å².